The van der Waals surface area contributed by atoms with E-state index in [-0.39, 0.29) is 0 Å². The molecule has 1 rings (SSSR count). The average molecular weight is 245 g/mol. The van der Waals surface area contributed by atoms with Gasteiger partial charge in [-0.15, -0.1) is 0 Å². The second-order valence-electron chi connectivity index (χ2n) is 5.17. The Kier molecular flexibility index (Phi) is 3.98. The van der Waals surface area contributed by atoms with Gasteiger partial charge < -0.3 is 14.9 Å². The highest BCUT2D eigenvalue weighted by Gasteiger charge is 2.40. The van der Waals surface area contributed by atoms with Gasteiger partial charge >= 0.3 is 12.1 Å². The Bertz CT molecular complexity index is 309. The molecule has 6 heteroatoms. The van der Waals surface area contributed by atoms with Crippen molar-refractivity contribution in [2.45, 2.75) is 51.4 Å². The molecule has 2 N–H and O–H groups in total. The van der Waals surface area contributed by atoms with Crippen LogP contribution in [0.1, 0.15) is 33.6 Å². The summed E-state index contributed by atoms with van der Waals surface area (Å²) in [5.74, 6) is -1.21. The van der Waals surface area contributed by atoms with E-state index in [1.54, 1.807) is 20.8 Å². The predicted octanol–water partition coefficient (Wildman–Crippen LogP) is 0.831. The molecule has 17 heavy (non-hydrogen) atoms. The van der Waals surface area contributed by atoms with Crippen LogP contribution in [0.2, 0.25) is 0 Å². The van der Waals surface area contributed by atoms with Crippen LogP contribution >= 0.6 is 0 Å². The number of hydrogen-bond donors (Lipinski definition) is 2. The smallest absolute Gasteiger partial charge is 0.411 e. The summed E-state index contributed by atoms with van der Waals surface area (Å²) in [6, 6.07) is -1.21. The van der Waals surface area contributed by atoms with Gasteiger partial charge in [-0.05, 0) is 33.6 Å². The maximum Gasteiger partial charge on any atom is 0.411 e. The van der Waals surface area contributed by atoms with Crippen LogP contribution in [0.5, 0.6) is 0 Å². The fourth-order valence-electron chi connectivity index (χ4n) is 1.80. The Hall–Kier alpha value is -1.30. The van der Waals surface area contributed by atoms with Crippen LogP contribution < -0.4 is 0 Å². The van der Waals surface area contributed by atoms with Crippen LogP contribution in [0.25, 0.3) is 0 Å². The van der Waals surface area contributed by atoms with E-state index in [4.69, 9.17) is 9.84 Å². The number of aliphatic hydroxyl groups is 1. The molecule has 2 atom stereocenters. The normalized spacial score (nSPS) is 25.5. The largest absolute Gasteiger partial charge is 0.480 e. The van der Waals surface area contributed by atoms with E-state index < -0.39 is 29.8 Å². The molecule has 1 fully saturated rings. The molecule has 1 aliphatic heterocycles. The topological polar surface area (TPSA) is 87.1 Å². The lowest BCUT2D eigenvalue weighted by Crippen LogP contribution is -2.56. The Morgan fingerprint density at radius 2 is 1.94 bits per heavy atom. The SMILES string of the molecule is CC(C)(C)OC(=O)N1CCC[C@@H](O)[C@H]1C(=O)O. The lowest BCUT2D eigenvalue weighted by atomic mass is 9.99. The zero-order valence-electron chi connectivity index (χ0n) is 10.3. The van der Waals surface area contributed by atoms with E-state index in [9.17, 15) is 14.7 Å². The van der Waals surface area contributed by atoms with Gasteiger partial charge in [0, 0.05) is 6.54 Å². The molecule has 0 aromatic carbocycles. The van der Waals surface area contributed by atoms with Gasteiger partial charge in [0.15, 0.2) is 6.04 Å². The molecule has 0 bridgehead atoms. The summed E-state index contributed by atoms with van der Waals surface area (Å²) in [5.41, 5.74) is -0.678. The van der Waals surface area contributed by atoms with Crippen molar-refractivity contribution in [2.75, 3.05) is 6.54 Å². The number of ether oxygens (including phenoxy) is 1. The fourth-order valence-corrected chi connectivity index (χ4v) is 1.80. The van der Waals surface area contributed by atoms with Gasteiger partial charge in [-0.3, -0.25) is 4.90 Å². The average Bonchev–Trinajstić information content (AvgIpc) is 2.13. The van der Waals surface area contributed by atoms with Crippen molar-refractivity contribution in [3.63, 3.8) is 0 Å². The van der Waals surface area contributed by atoms with Gasteiger partial charge in [0.2, 0.25) is 0 Å². The first-order valence-electron chi connectivity index (χ1n) is 5.63. The first kappa shape index (κ1) is 13.8. The fraction of sp³-hybridized carbons (Fsp3) is 0.818. The van der Waals surface area contributed by atoms with Crippen molar-refractivity contribution < 1.29 is 24.5 Å². The van der Waals surface area contributed by atoms with Crippen LogP contribution in [-0.4, -0.2) is 51.5 Å². The third-order valence-corrected chi connectivity index (χ3v) is 2.48. The molecule has 1 aliphatic rings. The van der Waals surface area contributed by atoms with Gasteiger partial charge in [0.25, 0.3) is 0 Å². The van der Waals surface area contributed by atoms with Crippen LogP contribution in [0.3, 0.4) is 0 Å². The first-order valence-corrected chi connectivity index (χ1v) is 5.63. The molecule has 0 saturated carbocycles. The van der Waals surface area contributed by atoms with Gasteiger partial charge in [-0.2, -0.15) is 0 Å². The predicted molar refractivity (Wildman–Crippen MR) is 59.6 cm³/mol. The zero-order chi connectivity index (χ0) is 13.2. The second-order valence-corrected chi connectivity index (χ2v) is 5.17. The van der Waals surface area contributed by atoms with Gasteiger partial charge in [-0.1, -0.05) is 0 Å². The molecular weight excluding hydrogens is 226 g/mol. The van der Waals surface area contributed by atoms with E-state index in [0.717, 1.165) is 4.90 Å². The quantitative estimate of drug-likeness (QED) is 0.714. The van der Waals surface area contributed by atoms with Crippen LogP contribution in [0, 0.1) is 0 Å². The molecule has 0 unspecified atom stereocenters. The highest BCUT2D eigenvalue weighted by atomic mass is 16.6. The number of carbonyl (C=O) groups excluding carboxylic acids is 1. The minimum atomic E-state index is -1.21. The monoisotopic (exact) mass is 245 g/mol. The number of hydrogen-bond acceptors (Lipinski definition) is 4. The Labute approximate surface area is 100 Å². The molecule has 0 aliphatic carbocycles. The van der Waals surface area contributed by atoms with Gasteiger partial charge in [0.05, 0.1) is 6.10 Å². The maximum atomic E-state index is 11.8. The summed E-state index contributed by atoms with van der Waals surface area (Å²) in [4.78, 5) is 23.9. The van der Waals surface area contributed by atoms with Crippen molar-refractivity contribution >= 4 is 12.1 Å². The highest BCUT2D eigenvalue weighted by Crippen LogP contribution is 2.21. The van der Waals surface area contributed by atoms with E-state index in [1.165, 1.54) is 0 Å². The molecule has 0 aromatic rings. The summed E-state index contributed by atoms with van der Waals surface area (Å²) in [5, 5.41) is 18.6. The van der Waals surface area contributed by atoms with E-state index in [1.807, 2.05) is 0 Å². The summed E-state index contributed by atoms with van der Waals surface area (Å²) in [7, 11) is 0. The van der Waals surface area contributed by atoms with Gasteiger partial charge in [0.1, 0.15) is 5.60 Å². The van der Waals surface area contributed by atoms with Crippen LogP contribution in [0.15, 0.2) is 0 Å². The molecule has 98 valence electrons. The number of likely N-dealkylation sites (tertiary alicyclic amines) is 1. The summed E-state index contributed by atoms with van der Waals surface area (Å²) < 4.78 is 5.12. The van der Waals surface area contributed by atoms with Crippen LogP contribution in [-0.2, 0) is 9.53 Å². The summed E-state index contributed by atoms with van der Waals surface area (Å²) >= 11 is 0. The third kappa shape index (κ3) is 3.59. The van der Waals surface area contributed by atoms with Crippen molar-refractivity contribution in [3.05, 3.63) is 0 Å². The second kappa shape index (κ2) is 4.91. The summed E-state index contributed by atoms with van der Waals surface area (Å²) in [6.07, 6.45) is -0.766. The minimum absolute atomic E-state index is 0.295. The molecule has 0 spiro atoms. The Balaban J connectivity index is 2.79. The molecular formula is C11H19NO5. The van der Waals surface area contributed by atoms with Gasteiger partial charge in [-0.25, -0.2) is 9.59 Å². The molecule has 1 heterocycles. The number of rotatable bonds is 1. The van der Waals surface area contributed by atoms with Crippen molar-refractivity contribution in [3.8, 4) is 0 Å². The Morgan fingerprint density at radius 3 is 2.41 bits per heavy atom. The number of piperidine rings is 1. The van der Waals surface area contributed by atoms with E-state index in [0.29, 0.717) is 19.4 Å². The molecule has 1 amide bonds. The highest BCUT2D eigenvalue weighted by molar-refractivity contribution is 5.81. The zero-order valence-corrected chi connectivity index (χ0v) is 10.3. The molecule has 0 radical (unpaired) electrons. The number of carboxylic acid groups (broad SMARTS) is 1. The molecule has 0 aromatic heterocycles. The number of nitrogens with zero attached hydrogens (tertiary/aromatic N) is 1. The van der Waals surface area contributed by atoms with Crippen LogP contribution in [0.4, 0.5) is 4.79 Å². The standard InChI is InChI=1S/C11H19NO5/c1-11(2,3)17-10(16)12-6-4-5-7(13)8(12)9(14)15/h7-8,13H,4-6H2,1-3H3,(H,14,15)/t7-,8+/m1/s1. The Morgan fingerprint density at radius 1 is 1.35 bits per heavy atom. The maximum absolute atomic E-state index is 11.8. The number of aliphatic hydroxyl groups excluding tert-OH is 1. The van der Waals surface area contributed by atoms with Crippen molar-refractivity contribution in [2.24, 2.45) is 0 Å². The lowest BCUT2D eigenvalue weighted by Gasteiger charge is -2.37. The number of amides is 1. The van der Waals surface area contributed by atoms with E-state index >= 15 is 0 Å². The van der Waals surface area contributed by atoms with E-state index in [2.05, 4.69) is 0 Å². The van der Waals surface area contributed by atoms with Crippen molar-refractivity contribution in [1.82, 2.24) is 4.90 Å². The first-order chi connectivity index (χ1) is 7.72. The summed E-state index contributed by atoms with van der Waals surface area (Å²) in [6.45, 7) is 5.42. The minimum Gasteiger partial charge on any atom is -0.480 e. The number of aliphatic carboxylic acids is 1. The third-order valence-electron chi connectivity index (χ3n) is 2.48. The lowest BCUT2D eigenvalue weighted by molar-refractivity contribution is -0.149. The molecule has 1 saturated heterocycles. The van der Waals surface area contributed by atoms with Crippen molar-refractivity contribution in [1.29, 1.82) is 0 Å². The number of carbonyl (C=O) groups is 2. The number of carboxylic acids is 1. The molecule has 6 nitrogen and oxygen atoms in total.